The van der Waals surface area contributed by atoms with Crippen LogP contribution in [0.3, 0.4) is 0 Å². The Morgan fingerprint density at radius 1 is 1.53 bits per heavy atom. The van der Waals surface area contributed by atoms with E-state index in [0.29, 0.717) is 0 Å². The van der Waals surface area contributed by atoms with Crippen LogP contribution in [-0.2, 0) is 4.74 Å². The summed E-state index contributed by atoms with van der Waals surface area (Å²) < 4.78 is 5.11. The quantitative estimate of drug-likeness (QED) is 0.785. The summed E-state index contributed by atoms with van der Waals surface area (Å²) >= 11 is 1.84. The molecular formula is C11H22N2OS. The first kappa shape index (κ1) is 12.8. The maximum Gasteiger partial charge on any atom is 0.156 e. The van der Waals surface area contributed by atoms with Crippen LogP contribution in [0.4, 0.5) is 0 Å². The van der Waals surface area contributed by atoms with Crippen LogP contribution in [0.1, 0.15) is 26.7 Å². The van der Waals surface area contributed by atoms with Gasteiger partial charge in [-0.3, -0.25) is 4.99 Å². The molecule has 0 aromatic heterocycles. The fourth-order valence-electron chi connectivity index (χ4n) is 1.35. The Morgan fingerprint density at radius 2 is 2.33 bits per heavy atom. The van der Waals surface area contributed by atoms with E-state index in [4.69, 9.17) is 4.74 Å². The topological polar surface area (TPSA) is 33.6 Å². The zero-order valence-corrected chi connectivity index (χ0v) is 10.8. The molecule has 1 aliphatic rings. The van der Waals surface area contributed by atoms with Gasteiger partial charge < -0.3 is 10.1 Å². The molecule has 88 valence electrons. The molecule has 0 bridgehead atoms. The maximum atomic E-state index is 5.11. The largest absolute Gasteiger partial charge is 0.385 e. The van der Waals surface area contributed by atoms with Crippen molar-refractivity contribution < 1.29 is 4.74 Å². The van der Waals surface area contributed by atoms with Crippen LogP contribution < -0.4 is 5.32 Å². The van der Waals surface area contributed by atoms with Gasteiger partial charge in [0.25, 0.3) is 0 Å². The molecule has 1 N–H and O–H groups in total. The highest BCUT2D eigenvalue weighted by molar-refractivity contribution is 8.13. The SMILES string of the molecule is COCCC(C)(C)CNC1=NCCCS1. The molecule has 0 aromatic rings. The van der Waals surface area contributed by atoms with Gasteiger partial charge in [0, 0.05) is 32.6 Å². The second-order valence-electron chi connectivity index (χ2n) is 4.65. The van der Waals surface area contributed by atoms with Crippen molar-refractivity contribution in [3.05, 3.63) is 0 Å². The maximum absolute atomic E-state index is 5.11. The van der Waals surface area contributed by atoms with E-state index in [-0.39, 0.29) is 5.41 Å². The van der Waals surface area contributed by atoms with Gasteiger partial charge in [-0.2, -0.15) is 0 Å². The number of methoxy groups -OCH3 is 1. The molecule has 15 heavy (non-hydrogen) atoms. The lowest BCUT2D eigenvalue weighted by Crippen LogP contribution is -2.34. The molecule has 3 nitrogen and oxygen atoms in total. The molecule has 0 saturated heterocycles. The Bertz CT molecular complexity index is 217. The van der Waals surface area contributed by atoms with Crippen molar-refractivity contribution in [3.63, 3.8) is 0 Å². The standard InChI is InChI=1S/C11H22N2OS/c1-11(2,5-7-14-3)9-13-10-12-6-4-8-15-10/h4-9H2,1-3H3,(H,12,13). The first-order chi connectivity index (χ1) is 7.14. The van der Waals surface area contributed by atoms with Gasteiger partial charge in [0.15, 0.2) is 5.17 Å². The number of nitrogens with zero attached hydrogens (tertiary/aromatic N) is 1. The monoisotopic (exact) mass is 230 g/mol. The van der Waals surface area contributed by atoms with Crippen LogP contribution in [0.15, 0.2) is 4.99 Å². The Hall–Kier alpha value is -0.220. The third-order valence-corrected chi connectivity index (χ3v) is 3.54. The summed E-state index contributed by atoms with van der Waals surface area (Å²) in [4.78, 5) is 4.45. The van der Waals surface area contributed by atoms with Crippen molar-refractivity contribution in [2.24, 2.45) is 10.4 Å². The Labute approximate surface area is 97.1 Å². The summed E-state index contributed by atoms with van der Waals surface area (Å²) in [6.45, 7) is 7.30. The molecule has 0 unspecified atom stereocenters. The number of amidine groups is 1. The molecule has 0 atom stereocenters. The second-order valence-corrected chi connectivity index (χ2v) is 5.73. The molecule has 0 radical (unpaired) electrons. The summed E-state index contributed by atoms with van der Waals surface area (Å²) in [5.41, 5.74) is 0.274. The first-order valence-electron chi connectivity index (χ1n) is 5.54. The Balaban J connectivity index is 2.25. The predicted octanol–water partition coefficient (Wildman–Crippen LogP) is 2.13. The van der Waals surface area contributed by atoms with Crippen LogP contribution in [-0.4, -0.2) is 37.7 Å². The second kappa shape index (κ2) is 6.38. The minimum atomic E-state index is 0.274. The summed E-state index contributed by atoms with van der Waals surface area (Å²) in [5.74, 6) is 1.20. The third kappa shape index (κ3) is 5.42. The molecule has 4 heteroatoms. The fraction of sp³-hybridized carbons (Fsp3) is 0.909. The van der Waals surface area contributed by atoms with Gasteiger partial charge in [-0.1, -0.05) is 25.6 Å². The van der Waals surface area contributed by atoms with Crippen molar-refractivity contribution in [3.8, 4) is 0 Å². The Morgan fingerprint density at radius 3 is 2.93 bits per heavy atom. The summed E-state index contributed by atoms with van der Waals surface area (Å²) in [6, 6.07) is 0. The molecule has 0 aliphatic carbocycles. The third-order valence-electron chi connectivity index (χ3n) is 2.50. The minimum absolute atomic E-state index is 0.274. The number of hydrogen-bond acceptors (Lipinski definition) is 4. The van der Waals surface area contributed by atoms with E-state index in [1.165, 1.54) is 12.2 Å². The number of nitrogens with one attached hydrogen (secondary N) is 1. The molecule has 1 aliphatic heterocycles. The number of aliphatic imine (C=N–C) groups is 1. The zero-order chi connectivity index (χ0) is 11.1. The molecule has 0 aromatic carbocycles. The highest BCUT2D eigenvalue weighted by Gasteiger charge is 2.18. The first-order valence-corrected chi connectivity index (χ1v) is 6.53. The van der Waals surface area contributed by atoms with Crippen molar-refractivity contribution >= 4 is 16.9 Å². The number of hydrogen-bond donors (Lipinski definition) is 1. The normalized spacial score (nSPS) is 17.4. The average molecular weight is 230 g/mol. The summed E-state index contributed by atoms with van der Waals surface area (Å²) in [5, 5.41) is 4.55. The summed E-state index contributed by atoms with van der Waals surface area (Å²) in [7, 11) is 1.75. The van der Waals surface area contributed by atoms with Gasteiger partial charge in [0.05, 0.1) is 0 Å². The number of thioether (sulfide) groups is 1. The number of ether oxygens (including phenoxy) is 1. The summed E-state index contributed by atoms with van der Waals surface area (Å²) in [6.07, 6.45) is 2.29. The van der Waals surface area contributed by atoms with Crippen molar-refractivity contribution in [2.75, 3.05) is 32.6 Å². The van der Waals surface area contributed by atoms with Crippen LogP contribution in [0.5, 0.6) is 0 Å². The van der Waals surface area contributed by atoms with Gasteiger partial charge >= 0.3 is 0 Å². The van der Waals surface area contributed by atoms with Crippen LogP contribution in [0, 0.1) is 5.41 Å². The van der Waals surface area contributed by atoms with Crippen LogP contribution in [0.2, 0.25) is 0 Å². The lowest BCUT2D eigenvalue weighted by molar-refractivity contribution is 0.153. The minimum Gasteiger partial charge on any atom is -0.385 e. The van der Waals surface area contributed by atoms with Gasteiger partial charge in [0.1, 0.15) is 0 Å². The van der Waals surface area contributed by atoms with Crippen LogP contribution in [0.25, 0.3) is 0 Å². The van der Waals surface area contributed by atoms with E-state index in [2.05, 4.69) is 24.2 Å². The van der Waals surface area contributed by atoms with E-state index in [9.17, 15) is 0 Å². The lowest BCUT2D eigenvalue weighted by Gasteiger charge is -2.26. The molecule has 1 heterocycles. The average Bonchev–Trinajstić information content (AvgIpc) is 2.25. The lowest BCUT2D eigenvalue weighted by atomic mass is 9.90. The van der Waals surface area contributed by atoms with Gasteiger partial charge in [-0.05, 0) is 18.3 Å². The molecule has 0 amide bonds. The van der Waals surface area contributed by atoms with E-state index < -0.39 is 0 Å². The van der Waals surface area contributed by atoms with Crippen molar-refractivity contribution in [1.82, 2.24) is 5.32 Å². The highest BCUT2D eigenvalue weighted by Crippen LogP contribution is 2.20. The van der Waals surface area contributed by atoms with Crippen LogP contribution >= 0.6 is 11.8 Å². The molecule has 0 fully saturated rings. The predicted molar refractivity (Wildman–Crippen MR) is 67.7 cm³/mol. The van der Waals surface area contributed by atoms with Crippen molar-refractivity contribution in [2.45, 2.75) is 26.7 Å². The smallest absolute Gasteiger partial charge is 0.156 e. The van der Waals surface area contributed by atoms with E-state index in [0.717, 1.165) is 31.3 Å². The molecular weight excluding hydrogens is 208 g/mol. The fourth-order valence-corrected chi connectivity index (χ4v) is 2.17. The Kier molecular flexibility index (Phi) is 5.47. The number of rotatable bonds is 5. The highest BCUT2D eigenvalue weighted by atomic mass is 32.2. The molecule has 0 saturated carbocycles. The van der Waals surface area contributed by atoms with Gasteiger partial charge in [0.2, 0.25) is 0 Å². The van der Waals surface area contributed by atoms with Crippen molar-refractivity contribution in [1.29, 1.82) is 0 Å². The van der Waals surface area contributed by atoms with Gasteiger partial charge in [-0.25, -0.2) is 0 Å². The molecule has 0 spiro atoms. The van der Waals surface area contributed by atoms with E-state index >= 15 is 0 Å². The van der Waals surface area contributed by atoms with Gasteiger partial charge in [-0.15, -0.1) is 0 Å². The molecule has 1 rings (SSSR count). The van der Waals surface area contributed by atoms with E-state index in [1.807, 2.05) is 11.8 Å². The zero-order valence-electron chi connectivity index (χ0n) is 10.0. The van der Waals surface area contributed by atoms with E-state index in [1.54, 1.807) is 7.11 Å².